The van der Waals surface area contributed by atoms with Crippen LogP contribution in [0.3, 0.4) is 0 Å². The summed E-state index contributed by atoms with van der Waals surface area (Å²) in [6.45, 7) is 0. The number of aryl methyl sites for hydroxylation is 1. The van der Waals surface area contributed by atoms with E-state index in [2.05, 4.69) is 15.5 Å². The van der Waals surface area contributed by atoms with Crippen LogP contribution in [0.1, 0.15) is 37.3 Å². The van der Waals surface area contributed by atoms with Gasteiger partial charge >= 0.3 is 0 Å². The van der Waals surface area contributed by atoms with Gasteiger partial charge in [0.15, 0.2) is 0 Å². The largest absolute Gasteiger partial charge is 0.317 e. The summed E-state index contributed by atoms with van der Waals surface area (Å²) in [5.74, 6) is 0.606. The third kappa shape index (κ3) is 1.95. The van der Waals surface area contributed by atoms with Gasteiger partial charge in [0.25, 0.3) is 0 Å². The van der Waals surface area contributed by atoms with Crippen LogP contribution in [0.15, 0.2) is 6.20 Å². The van der Waals surface area contributed by atoms with E-state index in [-0.39, 0.29) is 0 Å². The zero-order valence-electron chi connectivity index (χ0n) is 8.90. The van der Waals surface area contributed by atoms with E-state index in [1.54, 1.807) is 4.80 Å². The standard InChI is InChI=1S/C10H18N4/c1-11-9-5-3-4-8(6-9)10-7-12-14(2)13-10/h7-9,11H,3-6H2,1-2H3. The first-order valence-electron chi connectivity index (χ1n) is 5.33. The summed E-state index contributed by atoms with van der Waals surface area (Å²) in [6.07, 6.45) is 6.97. The summed E-state index contributed by atoms with van der Waals surface area (Å²) in [6, 6.07) is 0.663. The Kier molecular flexibility index (Phi) is 2.82. The van der Waals surface area contributed by atoms with Crippen LogP contribution in [-0.2, 0) is 7.05 Å². The van der Waals surface area contributed by atoms with Crippen LogP contribution in [0.5, 0.6) is 0 Å². The van der Waals surface area contributed by atoms with Crippen LogP contribution < -0.4 is 5.32 Å². The van der Waals surface area contributed by atoms with Crippen LogP contribution >= 0.6 is 0 Å². The Morgan fingerprint density at radius 3 is 3.00 bits per heavy atom. The Morgan fingerprint density at radius 1 is 1.50 bits per heavy atom. The first kappa shape index (κ1) is 9.65. The van der Waals surface area contributed by atoms with Crippen molar-refractivity contribution in [3.8, 4) is 0 Å². The fraction of sp³-hybridized carbons (Fsp3) is 0.800. The SMILES string of the molecule is CNC1CCCC(c2cnn(C)n2)C1. The zero-order valence-corrected chi connectivity index (χ0v) is 8.90. The minimum atomic E-state index is 0.606. The highest BCUT2D eigenvalue weighted by molar-refractivity contribution is 5.04. The molecule has 4 nitrogen and oxygen atoms in total. The van der Waals surface area contributed by atoms with Crippen LogP contribution in [0.4, 0.5) is 0 Å². The topological polar surface area (TPSA) is 42.7 Å². The van der Waals surface area contributed by atoms with Crippen LogP contribution in [-0.4, -0.2) is 28.1 Å². The molecule has 0 radical (unpaired) electrons. The third-order valence-electron chi connectivity index (χ3n) is 3.12. The van der Waals surface area contributed by atoms with E-state index in [1.165, 1.54) is 25.7 Å². The fourth-order valence-electron chi connectivity index (χ4n) is 2.27. The second-order valence-corrected chi connectivity index (χ2v) is 4.11. The lowest BCUT2D eigenvalue weighted by Crippen LogP contribution is -2.30. The number of nitrogens with zero attached hydrogens (tertiary/aromatic N) is 3. The minimum absolute atomic E-state index is 0.606. The van der Waals surface area contributed by atoms with E-state index in [1.807, 2.05) is 20.3 Å². The van der Waals surface area contributed by atoms with Crippen molar-refractivity contribution in [2.24, 2.45) is 7.05 Å². The van der Waals surface area contributed by atoms with Crippen LogP contribution in [0.25, 0.3) is 0 Å². The lowest BCUT2D eigenvalue weighted by atomic mass is 9.84. The highest BCUT2D eigenvalue weighted by Gasteiger charge is 2.23. The van der Waals surface area contributed by atoms with Crippen molar-refractivity contribution in [3.05, 3.63) is 11.9 Å². The minimum Gasteiger partial charge on any atom is -0.317 e. The Balaban J connectivity index is 2.04. The molecule has 1 aliphatic rings. The Bertz CT molecular complexity index is 294. The van der Waals surface area contributed by atoms with Crippen LogP contribution in [0, 0.1) is 0 Å². The molecular formula is C10H18N4. The smallest absolute Gasteiger partial charge is 0.0858 e. The molecule has 1 aromatic rings. The van der Waals surface area contributed by atoms with Gasteiger partial charge in [-0.1, -0.05) is 6.42 Å². The van der Waals surface area contributed by atoms with Crippen molar-refractivity contribution < 1.29 is 0 Å². The van der Waals surface area contributed by atoms with Gasteiger partial charge in [-0.15, -0.1) is 0 Å². The van der Waals surface area contributed by atoms with Gasteiger partial charge in [-0.3, -0.25) is 0 Å². The van der Waals surface area contributed by atoms with Crippen molar-refractivity contribution in [3.63, 3.8) is 0 Å². The van der Waals surface area contributed by atoms with Crippen LogP contribution in [0.2, 0.25) is 0 Å². The second-order valence-electron chi connectivity index (χ2n) is 4.11. The molecule has 1 N–H and O–H groups in total. The van der Waals surface area contributed by atoms with Crippen molar-refractivity contribution in [1.29, 1.82) is 0 Å². The molecule has 2 atom stereocenters. The molecule has 1 saturated carbocycles. The molecule has 2 unspecified atom stereocenters. The zero-order chi connectivity index (χ0) is 9.97. The Labute approximate surface area is 84.7 Å². The lowest BCUT2D eigenvalue weighted by molar-refractivity contribution is 0.350. The summed E-state index contributed by atoms with van der Waals surface area (Å²) in [7, 11) is 3.92. The van der Waals surface area contributed by atoms with Gasteiger partial charge in [0.2, 0.25) is 0 Å². The number of hydrogen-bond acceptors (Lipinski definition) is 3. The predicted octanol–water partition coefficient (Wildman–Crippen LogP) is 1.06. The van der Waals surface area contributed by atoms with E-state index in [9.17, 15) is 0 Å². The second kappa shape index (κ2) is 4.09. The molecule has 1 aromatic heterocycles. The van der Waals surface area contributed by atoms with Gasteiger partial charge in [-0.05, 0) is 26.3 Å². The van der Waals surface area contributed by atoms with Crippen molar-refractivity contribution in [2.45, 2.75) is 37.6 Å². The first-order valence-corrected chi connectivity index (χ1v) is 5.33. The molecule has 78 valence electrons. The van der Waals surface area contributed by atoms with E-state index in [4.69, 9.17) is 0 Å². The summed E-state index contributed by atoms with van der Waals surface area (Å²) in [5.41, 5.74) is 1.16. The van der Waals surface area contributed by atoms with Gasteiger partial charge in [-0.25, -0.2) is 0 Å². The summed E-state index contributed by atoms with van der Waals surface area (Å²) in [5, 5.41) is 11.9. The molecule has 1 aliphatic carbocycles. The summed E-state index contributed by atoms with van der Waals surface area (Å²) < 4.78 is 0. The van der Waals surface area contributed by atoms with Gasteiger partial charge in [-0.2, -0.15) is 15.0 Å². The highest BCUT2D eigenvalue weighted by atomic mass is 15.4. The lowest BCUT2D eigenvalue weighted by Gasteiger charge is -2.27. The highest BCUT2D eigenvalue weighted by Crippen LogP contribution is 2.31. The number of aromatic nitrogens is 3. The molecule has 0 aromatic carbocycles. The van der Waals surface area contributed by atoms with Crippen molar-refractivity contribution >= 4 is 0 Å². The molecule has 0 bridgehead atoms. The summed E-state index contributed by atoms with van der Waals surface area (Å²) in [4.78, 5) is 1.65. The first-order chi connectivity index (χ1) is 6.79. The molecule has 0 spiro atoms. The Morgan fingerprint density at radius 2 is 2.36 bits per heavy atom. The molecule has 1 heterocycles. The van der Waals surface area contributed by atoms with E-state index in [0.717, 1.165) is 5.69 Å². The molecular weight excluding hydrogens is 176 g/mol. The predicted molar refractivity (Wildman–Crippen MR) is 55.1 cm³/mol. The van der Waals surface area contributed by atoms with Gasteiger partial charge in [0, 0.05) is 19.0 Å². The Hall–Kier alpha value is -0.900. The average Bonchev–Trinajstić information content (AvgIpc) is 2.65. The number of rotatable bonds is 2. The van der Waals surface area contributed by atoms with Gasteiger partial charge in [0.05, 0.1) is 11.9 Å². The average molecular weight is 194 g/mol. The van der Waals surface area contributed by atoms with E-state index < -0.39 is 0 Å². The molecule has 0 saturated heterocycles. The maximum atomic E-state index is 4.38. The molecule has 2 rings (SSSR count). The molecule has 0 amide bonds. The molecule has 4 heteroatoms. The van der Waals surface area contributed by atoms with E-state index in [0.29, 0.717) is 12.0 Å². The monoisotopic (exact) mass is 194 g/mol. The fourth-order valence-corrected chi connectivity index (χ4v) is 2.27. The normalized spacial score (nSPS) is 27.9. The van der Waals surface area contributed by atoms with Gasteiger partial charge in [0.1, 0.15) is 0 Å². The summed E-state index contributed by atoms with van der Waals surface area (Å²) >= 11 is 0. The van der Waals surface area contributed by atoms with Crippen molar-refractivity contribution in [2.75, 3.05) is 7.05 Å². The number of nitrogens with one attached hydrogen (secondary N) is 1. The quantitative estimate of drug-likeness (QED) is 0.765. The van der Waals surface area contributed by atoms with Gasteiger partial charge < -0.3 is 5.32 Å². The molecule has 14 heavy (non-hydrogen) atoms. The molecule has 0 aliphatic heterocycles. The molecule has 1 fully saturated rings. The number of hydrogen-bond donors (Lipinski definition) is 1. The third-order valence-corrected chi connectivity index (χ3v) is 3.12. The van der Waals surface area contributed by atoms with Crippen molar-refractivity contribution in [1.82, 2.24) is 20.3 Å². The maximum absolute atomic E-state index is 4.38. The maximum Gasteiger partial charge on any atom is 0.0858 e. The van der Waals surface area contributed by atoms with E-state index >= 15 is 0 Å².